The highest BCUT2D eigenvalue weighted by Crippen LogP contribution is 2.33. The van der Waals surface area contributed by atoms with Crippen LogP contribution >= 0.6 is 0 Å². The zero-order valence-corrected chi connectivity index (χ0v) is 18.1. The summed E-state index contributed by atoms with van der Waals surface area (Å²) in [4.78, 5) is 29.1. The molecule has 0 aliphatic rings. The maximum Gasteiger partial charge on any atom is 0.323 e. The number of nitrogen functional groups attached to an aromatic ring is 1. The van der Waals surface area contributed by atoms with Crippen molar-refractivity contribution in [1.82, 2.24) is 19.9 Å². The molecule has 0 atom stereocenters. The Morgan fingerprint density at radius 3 is 2.58 bits per heavy atom. The number of methoxy groups -OCH3 is 1. The fourth-order valence-electron chi connectivity index (χ4n) is 3.47. The van der Waals surface area contributed by atoms with E-state index < -0.39 is 6.03 Å². The zero-order valence-electron chi connectivity index (χ0n) is 18.1. The predicted molar refractivity (Wildman–Crippen MR) is 126 cm³/mol. The average Bonchev–Trinajstić information content (AvgIpc) is 3.21. The van der Waals surface area contributed by atoms with Gasteiger partial charge in [-0.1, -0.05) is 18.2 Å². The number of carbonyl (C=O) groups excluding carboxylic acids is 2. The molecule has 0 fully saturated rings. The van der Waals surface area contributed by atoms with E-state index in [0.717, 1.165) is 5.56 Å². The Balaban J connectivity index is 1.60. The van der Waals surface area contributed by atoms with Crippen LogP contribution in [0.15, 0.2) is 61.1 Å². The summed E-state index contributed by atoms with van der Waals surface area (Å²) < 4.78 is 6.70. The summed E-state index contributed by atoms with van der Waals surface area (Å²) in [5.74, 6) is 0.663. The molecule has 2 heterocycles. The predicted octanol–water partition coefficient (Wildman–Crippen LogP) is 3.38. The van der Waals surface area contributed by atoms with Crippen molar-refractivity contribution >= 4 is 34.6 Å². The molecule has 0 unspecified atom stereocenters. The lowest BCUT2D eigenvalue weighted by Crippen LogP contribution is -2.22. The number of nitrogens with two attached hydrogens (primary N) is 1. The minimum Gasteiger partial charge on any atom is -0.497 e. The number of anilines is 3. The van der Waals surface area contributed by atoms with Gasteiger partial charge in [-0.3, -0.25) is 4.79 Å². The highest BCUT2D eigenvalue weighted by molar-refractivity contribution is 6.07. The number of carbonyl (C=O) groups is 2. The first-order valence-electron chi connectivity index (χ1n) is 10.2. The molecule has 0 bridgehead atoms. The number of hydrogen-bond donors (Lipinski definition) is 4. The van der Waals surface area contributed by atoms with Gasteiger partial charge in [0.15, 0.2) is 5.82 Å². The second kappa shape index (κ2) is 9.27. The Morgan fingerprint density at radius 2 is 1.85 bits per heavy atom. The van der Waals surface area contributed by atoms with E-state index >= 15 is 0 Å². The highest BCUT2D eigenvalue weighted by Gasteiger charge is 2.21. The maximum absolute atomic E-state index is 12.7. The smallest absolute Gasteiger partial charge is 0.323 e. The van der Waals surface area contributed by atoms with Crippen LogP contribution in [0.25, 0.3) is 16.6 Å². The first kappa shape index (κ1) is 21.6. The van der Waals surface area contributed by atoms with Gasteiger partial charge in [-0.25, -0.2) is 14.3 Å². The van der Waals surface area contributed by atoms with Gasteiger partial charge < -0.3 is 26.4 Å². The van der Waals surface area contributed by atoms with E-state index in [0.29, 0.717) is 40.3 Å². The van der Waals surface area contributed by atoms with Crippen molar-refractivity contribution in [2.75, 3.05) is 30.0 Å². The second-order valence-electron chi connectivity index (χ2n) is 7.10. The lowest BCUT2D eigenvalue weighted by molar-refractivity contribution is 0.0956. The highest BCUT2D eigenvalue weighted by atomic mass is 16.5. The molecule has 0 aliphatic carbocycles. The number of nitrogens with one attached hydrogen (secondary N) is 3. The molecule has 10 heteroatoms. The van der Waals surface area contributed by atoms with E-state index in [1.54, 1.807) is 61.8 Å². The van der Waals surface area contributed by atoms with Gasteiger partial charge in [-0.05, 0) is 36.8 Å². The number of amides is 3. The third kappa shape index (κ3) is 4.54. The monoisotopic (exact) mass is 445 g/mol. The molecule has 5 N–H and O–H groups in total. The van der Waals surface area contributed by atoms with Crippen LogP contribution in [0.5, 0.6) is 5.75 Å². The van der Waals surface area contributed by atoms with E-state index in [9.17, 15) is 9.59 Å². The summed E-state index contributed by atoms with van der Waals surface area (Å²) in [6.07, 6.45) is 2.96. The van der Waals surface area contributed by atoms with Gasteiger partial charge in [0.05, 0.1) is 12.7 Å². The standard InChI is InChI=1S/C23H23N7O3/c1-3-25-22(31)18-12-30-20(21(24)26-13-27-30)19(18)14-7-9-15(10-8-14)28-23(32)29-16-5-4-6-17(11-16)33-2/h4-13H,3H2,1-2H3,(H,25,31)(H2,24,26,27)(H2,28,29,32). The van der Waals surface area contributed by atoms with Crippen LogP contribution in [-0.4, -0.2) is 40.2 Å². The number of aromatic nitrogens is 3. The van der Waals surface area contributed by atoms with Crippen LogP contribution < -0.4 is 26.4 Å². The van der Waals surface area contributed by atoms with Crippen LogP contribution in [0.3, 0.4) is 0 Å². The lowest BCUT2D eigenvalue weighted by atomic mass is 10.0. The van der Waals surface area contributed by atoms with Crippen LogP contribution in [0.2, 0.25) is 0 Å². The normalized spacial score (nSPS) is 10.6. The molecular formula is C23H23N7O3. The number of fused-ring (bicyclic) bond motifs is 1. The summed E-state index contributed by atoms with van der Waals surface area (Å²) in [7, 11) is 1.56. The first-order valence-corrected chi connectivity index (χ1v) is 10.2. The van der Waals surface area contributed by atoms with Crippen molar-refractivity contribution in [1.29, 1.82) is 0 Å². The molecule has 4 aromatic rings. The van der Waals surface area contributed by atoms with Gasteiger partial charge in [-0.15, -0.1) is 0 Å². The molecule has 10 nitrogen and oxygen atoms in total. The average molecular weight is 445 g/mol. The van der Waals surface area contributed by atoms with Crippen molar-refractivity contribution in [2.45, 2.75) is 6.92 Å². The van der Waals surface area contributed by atoms with Gasteiger partial charge in [0.25, 0.3) is 5.91 Å². The number of hydrogen-bond acceptors (Lipinski definition) is 6. The minimum absolute atomic E-state index is 0.239. The Kier molecular flexibility index (Phi) is 6.07. The number of benzene rings is 2. The third-order valence-electron chi connectivity index (χ3n) is 4.94. The Bertz CT molecular complexity index is 1320. The first-order chi connectivity index (χ1) is 16.0. The van der Waals surface area contributed by atoms with Crippen molar-refractivity contribution in [3.05, 3.63) is 66.6 Å². The second-order valence-corrected chi connectivity index (χ2v) is 7.10. The Morgan fingerprint density at radius 1 is 1.09 bits per heavy atom. The number of urea groups is 1. The van der Waals surface area contributed by atoms with Gasteiger partial charge >= 0.3 is 6.03 Å². The molecule has 3 amide bonds. The topological polar surface area (TPSA) is 136 Å². The largest absolute Gasteiger partial charge is 0.497 e. The maximum atomic E-state index is 12.7. The van der Waals surface area contributed by atoms with Gasteiger partial charge in [0.1, 0.15) is 17.6 Å². The zero-order chi connectivity index (χ0) is 23.4. The van der Waals surface area contributed by atoms with Crippen LogP contribution in [0.4, 0.5) is 22.0 Å². The quantitative estimate of drug-likeness (QED) is 0.359. The van der Waals surface area contributed by atoms with E-state index in [1.807, 2.05) is 6.92 Å². The van der Waals surface area contributed by atoms with Crippen molar-refractivity contribution in [3.8, 4) is 16.9 Å². The molecule has 0 radical (unpaired) electrons. The fraction of sp³-hybridized carbons (Fsp3) is 0.130. The molecule has 0 spiro atoms. The molecule has 0 saturated heterocycles. The van der Waals surface area contributed by atoms with Gasteiger partial charge in [0, 0.05) is 35.7 Å². The van der Waals surface area contributed by atoms with E-state index in [-0.39, 0.29) is 11.7 Å². The number of ether oxygens (including phenoxy) is 1. The van der Waals surface area contributed by atoms with Gasteiger partial charge in [-0.2, -0.15) is 5.10 Å². The van der Waals surface area contributed by atoms with Crippen molar-refractivity contribution < 1.29 is 14.3 Å². The third-order valence-corrected chi connectivity index (χ3v) is 4.94. The summed E-state index contributed by atoms with van der Waals surface area (Å²) in [5.41, 5.74) is 9.59. The van der Waals surface area contributed by atoms with E-state index in [1.165, 1.54) is 10.8 Å². The number of nitrogens with zero attached hydrogens (tertiary/aromatic N) is 3. The van der Waals surface area contributed by atoms with Crippen molar-refractivity contribution in [3.63, 3.8) is 0 Å². The molecule has 4 rings (SSSR count). The molecule has 0 aliphatic heterocycles. The number of rotatable bonds is 6. The molecule has 2 aromatic carbocycles. The summed E-state index contributed by atoms with van der Waals surface area (Å²) in [6, 6.07) is 13.7. The molecule has 33 heavy (non-hydrogen) atoms. The summed E-state index contributed by atoms with van der Waals surface area (Å²) >= 11 is 0. The Labute approximate surface area is 189 Å². The molecule has 2 aromatic heterocycles. The van der Waals surface area contributed by atoms with E-state index in [2.05, 4.69) is 26.0 Å². The summed E-state index contributed by atoms with van der Waals surface area (Å²) in [5, 5.41) is 12.5. The van der Waals surface area contributed by atoms with Gasteiger partial charge in [0.2, 0.25) is 0 Å². The van der Waals surface area contributed by atoms with Crippen LogP contribution in [-0.2, 0) is 0 Å². The SMILES string of the molecule is CCNC(=O)c1cn2ncnc(N)c2c1-c1ccc(NC(=O)Nc2cccc(OC)c2)cc1. The van der Waals surface area contributed by atoms with E-state index in [4.69, 9.17) is 10.5 Å². The van der Waals surface area contributed by atoms with Crippen LogP contribution in [0.1, 0.15) is 17.3 Å². The minimum atomic E-state index is -0.397. The molecule has 168 valence electrons. The van der Waals surface area contributed by atoms with Crippen LogP contribution in [0, 0.1) is 0 Å². The summed E-state index contributed by atoms with van der Waals surface area (Å²) in [6.45, 7) is 2.33. The van der Waals surface area contributed by atoms with Crippen molar-refractivity contribution in [2.24, 2.45) is 0 Å². The fourth-order valence-corrected chi connectivity index (χ4v) is 3.47. The molecular weight excluding hydrogens is 422 g/mol. The Hall–Kier alpha value is -4.60. The molecule has 0 saturated carbocycles. The lowest BCUT2D eigenvalue weighted by Gasteiger charge is -2.10.